The Bertz CT molecular complexity index is 780. The Morgan fingerprint density at radius 3 is 3.09 bits per heavy atom. The predicted molar refractivity (Wildman–Crippen MR) is 87.8 cm³/mol. The van der Waals surface area contributed by atoms with Crippen LogP contribution in [0.25, 0.3) is 10.9 Å². The van der Waals surface area contributed by atoms with Gasteiger partial charge in [-0.25, -0.2) is 4.79 Å². The Balaban J connectivity index is 1.79. The van der Waals surface area contributed by atoms with Crippen LogP contribution in [0.5, 0.6) is 0 Å². The number of nitrogens with one attached hydrogen (secondary N) is 1. The quantitative estimate of drug-likeness (QED) is 0.862. The lowest BCUT2D eigenvalue weighted by Crippen LogP contribution is -2.35. The summed E-state index contributed by atoms with van der Waals surface area (Å²) < 4.78 is 5.21. The van der Waals surface area contributed by atoms with E-state index in [1.54, 1.807) is 11.8 Å². The smallest absolute Gasteiger partial charge is 0.336 e. The summed E-state index contributed by atoms with van der Waals surface area (Å²) in [7, 11) is 2.04. The van der Waals surface area contributed by atoms with Gasteiger partial charge in [-0.1, -0.05) is 30.0 Å². The van der Waals surface area contributed by atoms with Crippen LogP contribution in [-0.4, -0.2) is 34.8 Å². The number of thioether (sulfide) groups is 1. The molecule has 2 aliphatic rings. The Morgan fingerprint density at radius 2 is 2.27 bits per heavy atom. The van der Waals surface area contributed by atoms with E-state index in [9.17, 15) is 4.79 Å². The van der Waals surface area contributed by atoms with Gasteiger partial charge in [0.05, 0.1) is 23.2 Å². The lowest BCUT2D eigenvalue weighted by Gasteiger charge is -2.40. The summed E-state index contributed by atoms with van der Waals surface area (Å²) in [5.74, 6) is -0.190. The van der Waals surface area contributed by atoms with Crippen LogP contribution in [0.4, 0.5) is 0 Å². The van der Waals surface area contributed by atoms with Gasteiger partial charge in [0.15, 0.2) is 0 Å². The summed E-state index contributed by atoms with van der Waals surface area (Å²) in [4.78, 5) is 17.9. The first-order chi connectivity index (χ1) is 10.7. The van der Waals surface area contributed by atoms with E-state index in [1.807, 2.05) is 26.2 Å². The normalized spacial score (nSPS) is 23.2. The molecular weight excluding hydrogens is 296 g/mol. The Kier molecular flexibility index (Phi) is 3.18. The number of rotatable bonds is 2. The van der Waals surface area contributed by atoms with Crippen LogP contribution in [-0.2, 0) is 9.53 Å². The van der Waals surface area contributed by atoms with Crippen LogP contribution in [0.15, 0.2) is 41.1 Å². The number of fused-ring (bicyclic) bond motifs is 6. The molecule has 4 nitrogen and oxygen atoms in total. The first-order valence-electron chi connectivity index (χ1n) is 7.57. The minimum atomic E-state index is -0.190. The third-order valence-electron chi connectivity index (χ3n) is 4.43. The molecule has 0 radical (unpaired) electrons. The largest absolute Gasteiger partial charge is 0.463 e. The molecule has 2 atom stereocenters. The van der Waals surface area contributed by atoms with Crippen molar-refractivity contribution in [1.82, 2.24) is 9.88 Å². The molecule has 2 bridgehead atoms. The van der Waals surface area contributed by atoms with Gasteiger partial charge in [-0.3, -0.25) is 0 Å². The molecule has 0 saturated carbocycles. The maximum absolute atomic E-state index is 12.2. The first kappa shape index (κ1) is 13.8. The molecule has 3 heterocycles. The number of carbonyl (C=O) groups excluding carboxylic acids is 1. The zero-order valence-corrected chi connectivity index (χ0v) is 13.4. The van der Waals surface area contributed by atoms with E-state index in [-0.39, 0.29) is 11.2 Å². The molecule has 2 aromatic rings. The van der Waals surface area contributed by atoms with Crippen LogP contribution < -0.4 is 0 Å². The highest BCUT2D eigenvalue weighted by atomic mass is 32.2. The van der Waals surface area contributed by atoms with Crippen molar-refractivity contribution in [2.24, 2.45) is 0 Å². The van der Waals surface area contributed by atoms with Crippen molar-refractivity contribution in [1.29, 1.82) is 0 Å². The second-order valence-corrected chi connectivity index (χ2v) is 6.95. The number of H-pyrrole nitrogens is 1. The van der Waals surface area contributed by atoms with Gasteiger partial charge in [-0.2, -0.15) is 0 Å². The maximum atomic E-state index is 12.2. The minimum Gasteiger partial charge on any atom is -0.463 e. The number of hydrogen-bond acceptors (Lipinski definition) is 4. The molecule has 22 heavy (non-hydrogen) atoms. The topological polar surface area (TPSA) is 45.3 Å². The molecule has 2 aliphatic heterocycles. The second-order valence-electron chi connectivity index (χ2n) is 5.74. The molecule has 2 unspecified atom stereocenters. The van der Waals surface area contributed by atoms with Crippen LogP contribution in [0.1, 0.15) is 24.9 Å². The Hall–Kier alpha value is -1.88. The van der Waals surface area contributed by atoms with Gasteiger partial charge in [0, 0.05) is 35.0 Å². The van der Waals surface area contributed by atoms with E-state index in [4.69, 9.17) is 4.74 Å². The molecule has 0 aliphatic carbocycles. The summed E-state index contributed by atoms with van der Waals surface area (Å²) in [6, 6.07) is 8.72. The Labute approximate surface area is 133 Å². The monoisotopic (exact) mass is 314 g/mol. The van der Waals surface area contributed by atoms with Crippen LogP contribution >= 0.6 is 11.8 Å². The number of aromatic nitrogens is 1. The van der Waals surface area contributed by atoms with Gasteiger partial charge in [-0.15, -0.1) is 0 Å². The number of esters is 1. The summed E-state index contributed by atoms with van der Waals surface area (Å²) in [6.07, 6.45) is 2.91. The molecular formula is C17H18N2O2S. The molecule has 0 amide bonds. The predicted octanol–water partition coefficient (Wildman–Crippen LogP) is 3.47. The SMILES string of the molecule is CCOC(=O)C1=CN(C)C2CC1Sc1[nH]c3ccccc3c12. The molecule has 1 aromatic carbocycles. The number of benzene rings is 1. The number of hydrogen-bond donors (Lipinski definition) is 1. The number of ether oxygens (including phenoxy) is 1. The van der Waals surface area contributed by atoms with E-state index < -0.39 is 0 Å². The molecule has 0 saturated heterocycles. The lowest BCUT2D eigenvalue weighted by molar-refractivity contribution is -0.138. The molecule has 0 fully saturated rings. The first-order valence-corrected chi connectivity index (χ1v) is 8.45. The van der Waals surface area contributed by atoms with Crippen molar-refractivity contribution in [3.63, 3.8) is 0 Å². The molecule has 1 N–H and O–H groups in total. The Morgan fingerprint density at radius 1 is 1.45 bits per heavy atom. The molecule has 114 valence electrons. The summed E-state index contributed by atoms with van der Waals surface area (Å²) in [5.41, 5.74) is 3.30. The molecule has 5 heteroatoms. The molecule has 0 spiro atoms. The fourth-order valence-electron chi connectivity index (χ4n) is 3.43. The summed E-state index contributed by atoms with van der Waals surface area (Å²) in [6.45, 7) is 2.26. The van der Waals surface area contributed by atoms with Crippen molar-refractivity contribution in [3.8, 4) is 0 Å². The number of nitrogens with zero attached hydrogens (tertiary/aromatic N) is 1. The van der Waals surface area contributed by atoms with Gasteiger partial charge in [-0.05, 0) is 19.4 Å². The van der Waals surface area contributed by atoms with E-state index >= 15 is 0 Å². The second kappa shape index (κ2) is 5.09. The standard InChI is InChI=1S/C17H18N2O2S/c1-3-21-17(20)11-9-19(2)13-8-14(11)22-16-15(13)10-6-4-5-7-12(10)18-16/h4-7,9,13-14,18H,3,8H2,1-2H3. The van der Waals surface area contributed by atoms with Crippen molar-refractivity contribution >= 4 is 28.6 Å². The zero-order chi connectivity index (χ0) is 15.3. The fraction of sp³-hybridized carbons (Fsp3) is 0.353. The average molecular weight is 314 g/mol. The molecule has 1 aromatic heterocycles. The third-order valence-corrected chi connectivity index (χ3v) is 5.72. The van der Waals surface area contributed by atoms with Gasteiger partial charge in [0.2, 0.25) is 0 Å². The van der Waals surface area contributed by atoms with Crippen LogP contribution in [0.3, 0.4) is 0 Å². The maximum Gasteiger partial charge on any atom is 0.336 e. The van der Waals surface area contributed by atoms with Crippen molar-refractivity contribution in [2.75, 3.05) is 13.7 Å². The average Bonchev–Trinajstić information content (AvgIpc) is 2.89. The summed E-state index contributed by atoms with van der Waals surface area (Å²) in [5, 5.41) is 2.64. The highest BCUT2D eigenvalue weighted by Gasteiger charge is 2.40. The highest BCUT2D eigenvalue weighted by Crippen LogP contribution is 2.50. The highest BCUT2D eigenvalue weighted by molar-refractivity contribution is 8.00. The van der Waals surface area contributed by atoms with Gasteiger partial charge in [0.25, 0.3) is 0 Å². The van der Waals surface area contributed by atoms with Gasteiger partial charge >= 0.3 is 5.97 Å². The lowest BCUT2D eigenvalue weighted by atomic mass is 9.93. The van der Waals surface area contributed by atoms with Crippen LogP contribution in [0.2, 0.25) is 0 Å². The van der Waals surface area contributed by atoms with Crippen LogP contribution in [0, 0.1) is 0 Å². The van der Waals surface area contributed by atoms with Crippen molar-refractivity contribution in [2.45, 2.75) is 29.7 Å². The number of para-hydroxylation sites is 1. The van der Waals surface area contributed by atoms with E-state index in [2.05, 4.69) is 28.1 Å². The van der Waals surface area contributed by atoms with E-state index in [0.717, 1.165) is 12.0 Å². The van der Waals surface area contributed by atoms with Gasteiger partial charge in [0.1, 0.15) is 0 Å². The number of aromatic amines is 1. The minimum absolute atomic E-state index is 0.167. The summed E-state index contributed by atoms with van der Waals surface area (Å²) >= 11 is 1.75. The van der Waals surface area contributed by atoms with Crippen molar-refractivity contribution < 1.29 is 9.53 Å². The zero-order valence-electron chi connectivity index (χ0n) is 12.6. The van der Waals surface area contributed by atoms with E-state index in [0.29, 0.717) is 12.6 Å². The number of carbonyl (C=O) groups is 1. The van der Waals surface area contributed by atoms with Gasteiger partial charge < -0.3 is 14.6 Å². The van der Waals surface area contributed by atoms with Crippen molar-refractivity contribution in [3.05, 3.63) is 41.6 Å². The molecule has 4 rings (SSSR count). The third kappa shape index (κ3) is 1.96. The fourth-order valence-corrected chi connectivity index (χ4v) is 4.81. The van der Waals surface area contributed by atoms with E-state index in [1.165, 1.54) is 21.5 Å².